The lowest BCUT2D eigenvalue weighted by atomic mass is 9.98. The van der Waals surface area contributed by atoms with E-state index >= 15 is 0 Å². The molecule has 3 rings (SSSR count). The molecule has 1 nitrogen and oxygen atoms in total. The molecule has 0 radical (unpaired) electrons. The van der Waals surface area contributed by atoms with E-state index in [-0.39, 0.29) is 11.0 Å². The van der Waals surface area contributed by atoms with Crippen LogP contribution < -0.4 is 0 Å². The summed E-state index contributed by atoms with van der Waals surface area (Å²) in [5.41, 5.74) is 2.72. The quantitative estimate of drug-likeness (QED) is 0.493. The number of benzene rings is 2. The van der Waals surface area contributed by atoms with Crippen LogP contribution in [0.5, 0.6) is 0 Å². The van der Waals surface area contributed by atoms with Crippen molar-refractivity contribution in [2.75, 3.05) is 0 Å². The van der Waals surface area contributed by atoms with E-state index in [0.717, 1.165) is 11.1 Å². The van der Waals surface area contributed by atoms with Crippen LogP contribution in [-0.4, -0.2) is 4.98 Å². The van der Waals surface area contributed by atoms with Crippen molar-refractivity contribution in [1.29, 1.82) is 0 Å². The number of aromatic nitrogens is 1. The van der Waals surface area contributed by atoms with E-state index in [9.17, 15) is 4.39 Å². The SMILES string of the molecule is F/C(=C\c1cccnc1Cl)c1ccccc1-c1ccc(Cl)cc1. The maximum Gasteiger partial charge on any atom is 0.136 e. The van der Waals surface area contributed by atoms with Crippen molar-refractivity contribution < 1.29 is 4.39 Å². The Morgan fingerprint density at radius 3 is 2.39 bits per heavy atom. The summed E-state index contributed by atoms with van der Waals surface area (Å²) in [4.78, 5) is 3.96. The van der Waals surface area contributed by atoms with Crippen molar-refractivity contribution in [3.63, 3.8) is 0 Å². The van der Waals surface area contributed by atoms with E-state index in [1.165, 1.54) is 6.08 Å². The average Bonchev–Trinajstić information content (AvgIpc) is 2.58. The molecular formula is C19H12Cl2FN. The monoisotopic (exact) mass is 343 g/mol. The van der Waals surface area contributed by atoms with E-state index in [1.807, 2.05) is 24.3 Å². The Hall–Kier alpha value is -2.16. The summed E-state index contributed by atoms with van der Waals surface area (Å²) in [5, 5.41) is 0.913. The molecule has 1 aromatic heterocycles. The molecule has 0 spiro atoms. The summed E-state index contributed by atoms with van der Waals surface area (Å²) in [7, 11) is 0. The number of hydrogen-bond donors (Lipinski definition) is 0. The highest BCUT2D eigenvalue weighted by Gasteiger charge is 2.10. The Kier molecular flexibility index (Phi) is 4.75. The van der Waals surface area contributed by atoms with Gasteiger partial charge in [-0.15, -0.1) is 0 Å². The van der Waals surface area contributed by atoms with Gasteiger partial charge in [0.05, 0.1) is 0 Å². The third kappa shape index (κ3) is 3.61. The van der Waals surface area contributed by atoms with Crippen LogP contribution in [0, 0.1) is 0 Å². The van der Waals surface area contributed by atoms with Crippen molar-refractivity contribution in [2.45, 2.75) is 0 Å². The van der Waals surface area contributed by atoms with Crippen LogP contribution in [0.15, 0.2) is 66.9 Å². The molecule has 0 fully saturated rings. The Bertz CT molecular complexity index is 857. The van der Waals surface area contributed by atoms with Crippen LogP contribution in [0.3, 0.4) is 0 Å². The van der Waals surface area contributed by atoms with Gasteiger partial charge in [0, 0.05) is 22.3 Å². The lowest BCUT2D eigenvalue weighted by molar-refractivity contribution is 0.765. The summed E-state index contributed by atoms with van der Waals surface area (Å²) in [6.45, 7) is 0. The second-order valence-electron chi connectivity index (χ2n) is 4.93. The van der Waals surface area contributed by atoms with Gasteiger partial charge in [0.1, 0.15) is 11.0 Å². The topological polar surface area (TPSA) is 12.9 Å². The first kappa shape index (κ1) is 15.7. The Labute approximate surface area is 144 Å². The molecule has 1 heterocycles. The molecule has 3 aromatic rings. The zero-order chi connectivity index (χ0) is 16.2. The number of rotatable bonds is 3. The third-order valence-electron chi connectivity index (χ3n) is 3.41. The maximum atomic E-state index is 14.8. The van der Waals surface area contributed by atoms with Gasteiger partial charge in [-0.25, -0.2) is 9.37 Å². The summed E-state index contributed by atoms with van der Waals surface area (Å²) >= 11 is 11.9. The van der Waals surface area contributed by atoms with Crippen LogP contribution in [0.2, 0.25) is 10.2 Å². The van der Waals surface area contributed by atoms with Crippen LogP contribution in [0.1, 0.15) is 11.1 Å². The Morgan fingerprint density at radius 2 is 1.65 bits per heavy atom. The van der Waals surface area contributed by atoms with Crippen LogP contribution in [-0.2, 0) is 0 Å². The van der Waals surface area contributed by atoms with Gasteiger partial charge in [0.25, 0.3) is 0 Å². The molecule has 0 unspecified atom stereocenters. The summed E-state index contributed by atoms with van der Waals surface area (Å²) in [6.07, 6.45) is 2.96. The normalized spacial score (nSPS) is 11.5. The second-order valence-corrected chi connectivity index (χ2v) is 5.72. The van der Waals surface area contributed by atoms with E-state index in [2.05, 4.69) is 4.98 Å². The van der Waals surface area contributed by atoms with Gasteiger partial charge in [-0.1, -0.05) is 65.7 Å². The van der Waals surface area contributed by atoms with Gasteiger partial charge >= 0.3 is 0 Å². The molecule has 114 valence electrons. The number of nitrogens with zero attached hydrogens (tertiary/aromatic N) is 1. The maximum absolute atomic E-state index is 14.8. The van der Waals surface area contributed by atoms with E-state index in [1.54, 1.807) is 42.6 Å². The van der Waals surface area contributed by atoms with Crippen molar-refractivity contribution in [3.8, 4) is 11.1 Å². The van der Waals surface area contributed by atoms with E-state index < -0.39 is 0 Å². The summed E-state index contributed by atoms with van der Waals surface area (Å²) in [6, 6.07) is 18.0. The molecule has 0 aliphatic heterocycles. The largest absolute Gasteiger partial charge is 0.244 e. The predicted molar refractivity (Wildman–Crippen MR) is 95.1 cm³/mol. The molecule has 0 N–H and O–H groups in total. The molecule has 0 saturated carbocycles. The molecule has 0 aliphatic carbocycles. The molecule has 23 heavy (non-hydrogen) atoms. The minimum Gasteiger partial charge on any atom is -0.244 e. The van der Waals surface area contributed by atoms with E-state index in [4.69, 9.17) is 23.2 Å². The second kappa shape index (κ2) is 6.95. The standard InChI is InChI=1S/C19H12Cl2FN/c20-15-9-7-13(8-10-15)16-5-1-2-6-17(16)18(22)12-14-4-3-11-23-19(14)21/h1-12H/b18-12-. The Morgan fingerprint density at radius 1 is 0.913 bits per heavy atom. The van der Waals surface area contributed by atoms with Gasteiger partial charge in [0.15, 0.2) is 0 Å². The zero-order valence-electron chi connectivity index (χ0n) is 12.0. The van der Waals surface area contributed by atoms with E-state index in [0.29, 0.717) is 16.1 Å². The summed E-state index contributed by atoms with van der Waals surface area (Å²) < 4.78 is 14.8. The molecular weight excluding hydrogens is 332 g/mol. The van der Waals surface area contributed by atoms with Gasteiger partial charge in [-0.3, -0.25) is 0 Å². The van der Waals surface area contributed by atoms with Gasteiger partial charge in [-0.05, 0) is 35.4 Å². The lowest BCUT2D eigenvalue weighted by Crippen LogP contribution is -1.87. The third-order valence-corrected chi connectivity index (χ3v) is 3.98. The molecule has 0 atom stereocenters. The molecule has 2 aromatic carbocycles. The van der Waals surface area contributed by atoms with Crippen LogP contribution in [0.25, 0.3) is 23.0 Å². The number of halogens is 3. The fourth-order valence-corrected chi connectivity index (χ4v) is 2.59. The predicted octanol–water partition coefficient (Wildman–Crippen LogP) is 6.52. The minimum atomic E-state index is -0.370. The fourth-order valence-electron chi connectivity index (χ4n) is 2.29. The van der Waals surface area contributed by atoms with Crippen molar-refractivity contribution in [1.82, 2.24) is 4.98 Å². The summed E-state index contributed by atoms with van der Waals surface area (Å²) in [5.74, 6) is -0.370. The van der Waals surface area contributed by atoms with Crippen molar-refractivity contribution in [2.24, 2.45) is 0 Å². The average molecular weight is 344 g/mol. The molecule has 0 amide bonds. The highest BCUT2D eigenvalue weighted by molar-refractivity contribution is 6.31. The molecule has 0 saturated heterocycles. The molecule has 0 aliphatic rings. The zero-order valence-corrected chi connectivity index (χ0v) is 13.5. The number of pyridine rings is 1. The van der Waals surface area contributed by atoms with Crippen molar-refractivity contribution in [3.05, 3.63) is 88.2 Å². The van der Waals surface area contributed by atoms with Gasteiger partial charge in [-0.2, -0.15) is 0 Å². The first-order valence-corrected chi connectivity index (χ1v) is 7.74. The fraction of sp³-hybridized carbons (Fsp3) is 0. The van der Waals surface area contributed by atoms with Crippen molar-refractivity contribution >= 4 is 35.1 Å². The molecule has 0 bridgehead atoms. The molecule has 4 heteroatoms. The number of hydrogen-bond acceptors (Lipinski definition) is 1. The highest BCUT2D eigenvalue weighted by atomic mass is 35.5. The first-order valence-electron chi connectivity index (χ1n) is 6.98. The smallest absolute Gasteiger partial charge is 0.136 e. The van der Waals surface area contributed by atoms with Crippen LogP contribution in [0.4, 0.5) is 4.39 Å². The first-order chi connectivity index (χ1) is 11.1. The van der Waals surface area contributed by atoms with Gasteiger partial charge in [0.2, 0.25) is 0 Å². The minimum absolute atomic E-state index is 0.270. The van der Waals surface area contributed by atoms with Gasteiger partial charge < -0.3 is 0 Å². The lowest BCUT2D eigenvalue weighted by Gasteiger charge is -2.08. The highest BCUT2D eigenvalue weighted by Crippen LogP contribution is 2.32. The Balaban J connectivity index is 2.07. The van der Waals surface area contributed by atoms with Crippen LogP contribution >= 0.6 is 23.2 Å².